The van der Waals surface area contributed by atoms with E-state index in [1.54, 1.807) is 19.1 Å². The minimum absolute atomic E-state index is 0.100. The van der Waals surface area contributed by atoms with Gasteiger partial charge in [0.25, 0.3) is 11.6 Å². The lowest BCUT2D eigenvalue weighted by Gasteiger charge is -2.14. The molecule has 2 N–H and O–H groups in total. The van der Waals surface area contributed by atoms with Gasteiger partial charge in [-0.2, -0.15) is 22.7 Å². The van der Waals surface area contributed by atoms with Crippen LogP contribution in [0.25, 0.3) is 5.78 Å². The highest BCUT2D eigenvalue weighted by Gasteiger charge is 2.36. The van der Waals surface area contributed by atoms with E-state index in [9.17, 15) is 18.3 Å². The minimum Gasteiger partial charge on any atom is -0.387 e. The first kappa shape index (κ1) is 17.2. The van der Waals surface area contributed by atoms with Crippen molar-refractivity contribution < 1.29 is 18.3 Å². The van der Waals surface area contributed by atoms with Crippen LogP contribution in [0.15, 0.2) is 30.3 Å². The first-order valence-corrected chi connectivity index (χ1v) is 7.54. The van der Waals surface area contributed by atoms with Gasteiger partial charge in [0.05, 0.1) is 6.10 Å². The second kappa shape index (κ2) is 6.32. The van der Waals surface area contributed by atoms with Crippen LogP contribution in [-0.2, 0) is 6.18 Å². The Morgan fingerprint density at radius 2 is 1.96 bits per heavy atom. The number of anilines is 1. The molecule has 2 heterocycles. The Morgan fingerprint density at radius 3 is 2.64 bits per heavy atom. The Balaban J connectivity index is 1.86. The third-order valence-electron chi connectivity index (χ3n) is 3.60. The number of nitrogens with one attached hydrogen (secondary N) is 1. The average molecular weight is 351 g/mol. The number of aryl methyl sites for hydroxylation is 2. The van der Waals surface area contributed by atoms with Gasteiger partial charge in [0.1, 0.15) is 5.82 Å². The van der Waals surface area contributed by atoms with E-state index in [0.29, 0.717) is 11.3 Å². The zero-order chi connectivity index (χ0) is 18.2. The highest BCUT2D eigenvalue weighted by atomic mass is 19.4. The Bertz CT molecular complexity index is 906. The molecule has 0 saturated heterocycles. The monoisotopic (exact) mass is 351 g/mol. The molecule has 2 aromatic heterocycles. The van der Waals surface area contributed by atoms with Gasteiger partial charge in [-0.05, 0) is 19.4 Å². The van der Waals surface area contributed by atoms with E-state index >= 15 is 0 Å². The molecule has 0 radical (unpaired) electrons. The first-order valence-electron chi connectivity index (χ1n) is 7.54. The molecular weight excluding hydrogens is 335 g/mol. The summed E-state index contributed by atoms with van der Waals surface area (Å²) in [6.45, 7) is 3.65. The molecule has 0 saturated carbocycles. The molecule has 25 heavy (non-hydrogen) atoms. The van der Waals surface area contributed by atoms with Crippen molar-refractivity contribution in [3.63, 3.8) is 0 Å². The van der Waals surface area contributed by atoms with Gasteiger partial charge in [-0.15, -0.1) is 5.10 Å². The van der Waals surface area contributed by atoms with Crippen molar-refractivity contribution in [2.24, 2.45) is 0 Å². The van der Waals surface area contributed by atoms with E-state index in [2.05, 4.69) is 20.4 Å². The number of rotatable bonds is 4. The molecule has 9 heteroatoms. The molecule has 0 aliphatic carbocycles. The van der Waals surface area contributed by atoms with Crippen LogP contribution < -0.4 is 5.32 Å². The molecule has 0 fully saturated rings. The maximum Gasteiger partial charge on any atom is 0.453 e. The Kier molecular flexibility index (Phi) is 4.34. The number of hydrogen-bond donors (Lipinski definition) is 2. The number of alkyl halides is 3. The lowest BCUT2D eigenvalue weighted by Crippen LogP contribution is -2.15. The van der Waals surface area contributed by atoms with Crippen molar-refractivity contribution in [1.82, 2.24) is 19.6 Å². The minimum atomic E-state index is -4.65. The molecule has 1 aromatic carbocycles. The lowest BCUT2D eigenvalue weighted by atomic mass is 10.1. The van der Waals surface area contributed by atoms with Crippen LogP contribution >= 0.6 is 0 Å². The molecular formula is C16H16F3N5O. The molecule has 0 aliphatic rings. The van der Waals surface area contributed by atoms with Gasteiger partial charge in [0.2, 0.25) is 0 Å². The molecule has 6 nitrogen and oxygen atoms in total. The van der Waals surface area contributed by atoms with Gasteiger partial charge in [0.15, 0.2) is 0 Å². The number of benzene rings is 1. The van der Waals surface area contributed by atoms with Gasteiger partial charge < -0.3 is 10.4 Å². The summed E-state index contributed by atoms with van der Waals surface area (Å²) in [4.78, 5) is 7.37. The molecule has 3 rings (SSSR count). The number of aliphatic hydroxyl groups excluding tert-OH is 1. The fraction of sp³-hybridized carbons (Fsp3) is 0.312. The second-order valence-electron chi connectivity index (χ2n) is 5.74. The third-order valence-corrected chi connectivity index (χ3v) is 3.60. The summed E-state index contributed by atoms with van der Waals surface area (Å²) in [7, 11) is 0. The molecule has 132 valence electrons. The third kappa shape index (κ3) is 3.71. The van der Waals surface area contributed by atoms with Crippen molar-refractivity contribution in [2.45, 2.75) is 26.1 Å². The molecule has 3 aromatic rings. The smallest absolute Gasteiger partial charge is 0.387 e. The molecule has 0 amide bonds. The molecule has 0 aliphatic heterocycles. The van der Waals surface area contributed by atoms with Crippen LogP contribution in [0, 0.1) is 13.8 Å². The predicted molar refractivity (Wildman–Crippen MR) is 85.1 cm³/mol. The summed E-state index contributed by atoms with van der Waals surface area (Å²) in [5.41, 5.74) is 2.20. The topological polar surface area (TPSA) is 75.3 Å². The average Bonchev–Trinajstić information content (AvgIpc) is 2.96. The quantitative estimate of drug-likeness (QED) is 0.756. The van der Waals surface area contributed by atoms with Crippen LogP contribution in [-0.4, -0.2) is 31.2 Å². The summed E-state index contributed by atoms with van der Waals surface area (Å²) in [6.07, 6.45) is -5.48. The summed E-state index contributed by atoms with van der Waals surface area (Å²) in [6, 6.07) is 8.91. The zero-order valence-corrected chi connectivity index (χ0v) is 13.5. The maximum absolute atomic E-state index is 12.8. The van der Waals surface area contributed by atoms with Crippen molar-refractivity contribution in [1.29, 1.82) is 0 Å². The second-order valence-corrected chi connectivity index (χ2v) is 5.74. The van der Waals surface area contributed by atoms with E-state index in [4.69, 9.17) is 0 Å². The van der Waals surface area contributed by atoms with Crippen LogP contribution in [0.1, 0.15) is 28.7 Å². The van der Waals surface area contributed by atoms with Crippen LogP contribution in [0.2, 0.25) is 0 Å². The maximum atomic E-state index is 12.8. The van der Waals surface area contributed by atoms with E-state index in [1.165, 1.54) is 0 Å². The number of halogens is 3. The highest BCUT2D eigenvalue weighted by molar-refractivity contribution is 5.45. The van der Waals surface area contributed by atoms with Crippen molar-refractivity contribution in [3.05, 3.63) is 53.0 Å². The summed E-state index contributed by atoms with van der Waals surface area (Å²) in [5.74, 6) is -1.13. The largest absolute Gasteiger partial charge is 0.453 e. The van der Waals surface area contributed by atoms with Crippen molar-refractivity contribution >= 4 is 11.6 Å². The Labute approximate surface area is 141 Å². The van der Waals surface area contributed by atoms with Gasteiger partial charge in [-0.25, -0.2) is 4.98 Å². The zero-order valence-electron chi connectivity index (χ0n) is 13.5. The van der Waals surface area contributed by atoms with Gasteiger partial charge in [-0.1, -0.05) is 29.8 Å². The molecule has 1 unspecified atom stereocenters. The van der Waals surface area contributed by atoms with E-state index in [1.807, 2.05) is 25.1 Å². The van der Waals surface area contributed by atoms with E-state index in [0.717, 1.165) is 10.1 Å². The first-order chi connectivity index (χ1) is 11.7. The summed E-state index contributed by atoms with van der Waals surface area (Å²) < 4.78 is 39.4. The van der Waals surface area contributed by atoms with Gasteiger partial charge in [0, 0.05) is 18.3 Å². The summed E-state index contributed by atoms with van der Waals surface area (Å²) in [5, 5.41) is 16.7. The van der Waals surface area contributed by atoms with Gasteiger partial charge in [-0.3, -0.25) is 0 Å². The van der Waals surface area contributed by atoms with Crippen LogP contribution in [0.4, 0.5) is 19.0 Å². The predicted octanol–water partition coefficient (Wildman–Crippen LogP) is 2.91. The highest BCUT2D eigenvalue weighted by Crippen LogP contribution is 2.27. The SMILES string of the molecule is Cc1cccc(C(O)CNc2cc(C)nc3nc(C(F)(F)F)nn23)c1. The fourth-order valence-corrected chi connectivity index (χ4v) is 2.43. The number of aliphatic hydroxyl groups is 1. The van der Waals surface area contributed by atoms with Crippen LogP contribution in [0.3, 0.4) is 0 Å². The standard InChI is InChI=1S/C16H16F3N5O/c1-9-4-3-5-11(6-9)12(25)8-20-13-7-10(2)21-15-22-14(16(17,18)19)23-24(13)15/h3-7,12,20,25H,8H2,1-2H3. The van der Waals surface area contributed by atoms with E-state index in [-0.39, 0.29) is 18.1 Å². The number of fused-ring (bicyclic) bond motifs is 1. The Hall–Kier alpha value is -2.68. The molecule has 0 bridgehead atoms. The number of aromatic nitrogens is 4. The Morgan fingerprint density at radius 1 is 1.20 bits per heavy atom. The van der Waals surface area contributed by atoms with Crippen molar-refractivity contribution in [2.75, 3.05) is 11.9 Å². The molecule has 1 atom stereocenters. The number of hydrogen-bond acceptors (Lipinski definition) is 5. The van der Waals surface area contributed by atoms with Crippen molar-refractivity contribution in [3.8, 4) is 0 Å². The number of nitrogens with zero attached hydrogens (tertiary/aromatic N) is 4. The van der Waals surface area contributed by atoms with Gasteiger partial charge >= 0.3 is 6.18 Å². The van der Waals surface area contributed by atoms with E-state index < -0.39 is 18.1 Å². The summed E-state index contributed by atoms with van der Waals surface area (Å²) >= 11 is 0. The fourth-order valence-electron chi connectivity index (χ4n) is 2.43. The normalized spacial score (nSPS) is 13.2. The lowest BCUT2D eigenvalue weighted by molar-refractivity contribution is -0.144. The van der Waals surface area contributed by atoms with Crippen LogP contribution in [0.5, 0.6) is 0 Å². The molecule has 0 spiro atoms.